The van der Waals surface area contributed by atoms with Crippen molar-refractivity contribution in [3.05, 3.63) is 0 Å². The lowest BCUT2D eigenvalue weighted by molar-refractivity contribution is -0.928. The monoisotopic (exact) mass is 240 g/mol. The molecule has 2 saturated heterocycles. The molecule has 0 N–H and O–H groups in total. The van der Waals surface area contributed by atoms with Gasteiger partial charge in [-0.25, -0.2) is 0 Å². The number of hydrogen-bond donors (Lipinski definition) is 0. The van der Waals surface area contributed by atoms with E-state index in [1.807, 2.05) is 0 Å². The fourth-order valence-corrected chi connectivity index (χ4v) is 4.15. The molecule has 2 heteroatoms. The lowest BCUT2D eigenvalue weighted by Crippen LogP contribution is -2.49. The van der Waals surface area contributed by atoms with Crippen molar-refractivity contribution in [3.63, 3.8) is 0 Å². The van der Waals surface area contributed by atoms with Crippen molar-refractivity contribution in [3.8, 4) is 0 Å². The summed E-state index contributed by atoms with van der Waals surface area (Å²) in [5.74, 6) is 0. The quantitative estimate of drug-likeness (QED) is 0.626. The predicted octanol–water partition coefficient (Wildman–Crippen LogP) is 2.64. The van der Waals surface area contributed by atoms with Gasteiger partial charge in [-0.05, 0) is 6.42 Å². The van der Waals surface area contributed by atoms with Crippen LogP contribution in [0, 0.1) is 0 Å². The van der Waals surface area contributed by atoms with Gasteiger partial charge in [0.1, 0.15) is 0 Å². The molecular weight excluding hydrogens is 208 g/mol. The van der Waals surface area contributed by atoms with Crippen LogP contribution in [0.2, 0.25) is 0 Å². The van der Waals surface area contributed by atoms with Gasteiger partial charge < -0.3 is 8.97 Å². The summed E-state index contributed by atoms with van der Waals surface area (Å²) in [5, 5.41) is 0. The summed E-state index contributed by atoms with van der Waals surface area (Å²) < 4.78 is 2.82. The summed E-state index contributed by atoms with van der Waals surface area (Å²) in [4.78, 5) is 0. The van der Waals surface area contributed by atoms with Gasteiger partial charge in [0.25, 0.3) is 0 Å². The Balaban J connectivity index is 1.75. The molecule has 0 bridgehead atoms. The minimum atomic E-state index is 1.37. The van der Waals surface area contributed by atoms with Gasteiger partial charge in [0.15, 0.2) is 0 Å². The fourth-order valence-electron chi connectivity index (χ4n) is 4.15. The second kappa shape index (κ2) is 5.71. The van der Waals surface area contributed by atoms with Crippen molar-refractivity contribution in [2.45, 2.75) is 45.4 Å². The second-order valence-corrected chi connectivity index (χ2v) is 6.79. The van der Waals surface area contributed by atoms with E-state index in [0.717, 1.165) is 0 Å². The van der Waals surface area contributed by atoms with Gasteiger partial charge in [-0.2, -0.15) is 0 Å². The van der Waals surface area contributed by atoms with Crippen LogP contribution in [0.5, 0.6) is 0 Å². The largest absolute Gasteiger partial charge is 0.326 e. The van der Waals surface area contributed by atoms with Crippen molar-refractivity contribution in [2.24, 2.45) is 0 Å². The van der Waals surface area contributed by atoms with E-state index in [4.69, 9.17) is 0 Å². The van der Waals surface area contributed by atoms with E-state index in [9.17, 15) is 0 Å². The van der Waals surface area contributed by atoms with E-state index in [-0.39, 0.29) is 0 Å². The lowest BCUT2D eigenvalue weighted by atomic mass is 10.2. The lowest BCUT2D eigenvalue weighted by Gasteiger charge is -2.36. The highest BCUT2D eigenvalue weighted by Crippen LogP contribution is 2.22. The van der Waals surface area contributed by atoms with Crippen LogP contribution in [0.15, 0.2) is 0 Å². The van der Waals surface area contributed by atoms with Crippen molar-refractivity contribution in [1.82, 2.24) is 0 Å². The van der Waals surface area contributed by atoms with Crippen LogP contribution in [0.25, 0.3) is 0 Å². The Morgan fingerprint density at radius 1 is 0.765 bits per heavy atom. The Hall–Kier alpha value is -0.0800. The first kappa shape index (κ1) is 13.4. The number of hydrogen-bond acceptors (Lipinski definition) is 0. The normalized spacial score (nSPS) is 26.5. The highest BCUT2D eigenvalue weighted by Gasteiger charge is 2.32. The van der Waals surface area contributed by atoms with E-state index >= 15 is 0 Å². The Morgan fingerprint density at radius 2 is 1.35 bits per heavy atom. The van der Waals surface area contributed by atoms with Gasteiger partial charge in [-0.1, -0.05) is 6.92 Å². The summed E-state index contributed by atoms with van der Waals surface area (Å²) >= 11 is 0. The van der Waals surface area contributed by atoms with E-state index in [1.165, 1.54) is 93.3 Å². The Kier molecular flexibility index (Phi) is 4.48. The van der Waals surface area contributed by atoms with Crippen molar-refractivity contribution >= 4 is 0 Å². The van der Waals surface area contributed by atoms with Gasteiger partial charge in [0, 0.05) is 32.1 Å². The number of likely N-dealkylation sites (tertiary alicyclic amines) is 2. The molecular formula is C15H32N2+2. The van der Waals surface area contributed by atoms with E-state index in [0.29, 0.717) is 0 Å². The van der Waals surface area contributed by atoms with Crippen LogP contribution in [0.1, 0.15) is 45.4 Å². The summed E-state index contributed by atoms with van der Waals surface area (Å²) in [5.41, 5.74) is 0. The first-order valence-corrected chi connectivity index (χ1v) is 7.87. The molecule has 0 atom stereocenters. The van der Waals surface area contributed by atoms with Crippen LogP contribution in [0.3, 0.4) is 0 Å². The second-order valence-electron chi connectivity index (χ2n) is 6.79. The first-order valence-electron chi connectivity index (χ1n) is 7.87. The molecule has 0 aliphatic carbocycles. The molecule has 0 saturated carbocycles. The molecule has 2 aliphatic rings. The highest BCUT2D eigenvalue weighted by molar-refractivity contribution is 4.57. The van der Waals surface area contributed by atoms with Crippen LogP contribution in [-0.4, -0.2) is 61.8 Å². The van der Waals surface area contributed by atoms with Gasteiger partial charge in [-0.3, -0.25) is 0 Å². The van der Waals surface area contributed by atoms with E-state index < -0.39 is 0 Å². The molecule has 0 amide bonds. The molecule has 0 unspecified atom stereocenters. The third-order valence-corrected chi connectivity index (χ3v) is 5.19. The molecule has 2 aliphatic heterocycles. The molecule has 2 fully saturated rings. The van der Waals surface area contributed by atoms with Crippen LogP contribution in [-0.2, 0) is 0 Å². The molecule has 0 aromatic heterocycles. The van der Waals surface area contributed by atoms with Gasteiger partial charge >= 0.3 is 0 Å². The van der Waals surface area contributed by atoms with E-state index in [2.05, 4.69) is 14.0 Å². The summed E-state index contributed by atoms with van der Waals surface area (Å²) in [6.45, 7) is 12.5. The van der Waals surface area contributed by atoms with Crippen molar-refractivity contribution < 1.29 is 8.97 Å². The standard InChI is InChI=1S/C15H32N2/c1-3-9-17(13-6-7-14-17)15-8-12-16(2)10-4-5-11-16/h3-15H2,1-2H3/q+2. The number of quaternary nitrogens is 2. The van der Waals surface area contributed by atoms with Crippen molar-refractivity contribution in [2.75, 3.05) is 52.9 Å². The Labute approximate surface area is 108 Å². The zero-order chi connectivity index (χ0) is 12.2. The third-order valence-electron chi connectivity index (χ3n) is 5.19. The first-order chi connectivity index (χ1) is 8.18. The predicted molar refractivity (Wildman–Crippen MR) is 73.9 cm³/mol. The smallest absolute Gasteiger partial charge is 0.0841 e. The van der Waals surface area contributed by atoms with E-state index in [1.54, 1.807) is 0 Å². The molecule has 2 nitrogen and oxygen atoms in total. The average molecular weight is 240 g/mol. The third kappa shape index (κ3) is 3.45. The molecule has 2 rings (SSSR count). The van der Waals surface area contributed by atoms with Crippen LogP contribution < -0.4 is 0 Å². The zero-order valence-corrected chi connectivity index (χ0v) is 12.1. The van der Waals surface area contributed by atoms with Gasteiger partial charge in [0.05, 0.1) is 52.9 Å². The molecule has 0 spiro atoms. The number of rotatable bonds is 6. The molecule has 2 heterocycles. The Bertz CT molecular complexity index is 225. The summed E-state index contributed by atoms with van der Waals surface area (Å²) in [6.07, 6.45) is 8.71. The molecule has 100 valence electrons. The molecule has 17 heavy (non-hydrogen) atoms. The highest BCUT2D eigenvalue weighted by atomic mass is 15.4. The SMILES string of the molecule is CCC[N+]1(CCC[N+]2(C)CCCC2)CCCC1. The van der Waals surface area contributed by atoms with Crippen molar-refractivity contribution in [1.29, 1.82) is 0 Å². The molecule has 0 aromatic rings. The maximum atomic E-state index is 2.47. The Morgan fingerprint density at radius 3 is 1.94 bits per heavy atom. The fraction of sp³-hybridized carbons (Fsp3) is 1.00. The molecule has 0 radical (unpaired) electrons. The maximum Gasteiger partial charge on any atom is 0.0841 e. The zero-order valence-electron chi connectivity index (χ0n) is 12.1. The minimum absolute atomic E-state index is 1.37. The average Bonchev–Trinajstić information content (AvgIpc) is 2.90. The van der Waals surface area contributed by atoms with Gasteiger partial charge in [-0.15, -0.1) is 0 Å². The molecule has 0 aromatic carbocycles. The topological polar surface area (TPSA) is 0 Å². The summed E-state index contributed by atoms with van der Waals surface area (Å²) in [6, 6.07) is 0. The number of nitrogens with zero attached hydrogens (tertiary/aromatic N) is 2. The van der Waals surface area contributed by atoms with Crippen LogP contribution in [0.4, 0.5) is 0 Å². The van der Waals surface area contributed by atoms with Gasteiger partial charge in [0.2, 0.25) is 0 Å². The minimum Gasteiger partial charge on any atom is -0.326 e. The van der Waals surface area contributed by atoms with Crippen LogP contribution >= 0.6 is 0 Å². The summed E-state index contributed by atoms with van der Waals surface area (Å²) in [7, 11) is 2.47. The maximum absolute atomic E-state index is 2.47.